The molecule has 32 heavy (non-hydrogen) atoms. The number of rotatable bonds is 7. The first-order valence-corrected chi connectivity index (χ1v) is 12.0. The van der Waals surface area contributed by atoms with Crippen LogP contribution in [0.2, 0.25) is 0 Å². The zero-order chi connectivity index (χ0) is 23.6. The first-order valence-electron chi connectivity index (χ1n) is 10.3. The number of aryl methyl sites for hydroxylation is 2. The van der Waals surface area contributed by atoms with Gasteiger partial charge in [0.05, 0.1) is 23.3 Å². The molecule has 0 aliphatic rings. The number of esters is 1. The Morgan fingerprint density at radius 1 is 1.19 bits per heavy atom. The molecule has 0 spiro atoms. The van der Waals surface area contributed by atoms with Gasteiger partial charge in [0.2, 0.25) is 5.91 Å². The van der Waals surface area contributed by atoms with E-state index in [1.165, 1.54) is 30.2 Å². The Labute approximate surface area is 195 Å². The van der Waals surface area contributed by atoms with E-state index in [0.29, 0.717) is 27.5 Å². The molecule has 3 rings (SSSR count). The molecular formula is C23H27N3O4S2. The van der Waals surface area contributed by atoms with E-state index in [9.17, 15) is 14.4 Å². The molecule has 9 heteroatoms. The third-order valence-corrected chi connectivity index (χ3v) is 7.38. The summed E-state index contributed by atoms with van der Waals surface area (Å²) in [5, 5.41) is 3.67. The maximum Gasteiger partial charge on any atom is 0.337 e. The Balaban J connectivity index is 1.75. The summed E-state index contributed by atoms with van der Waals surface area (Å²) in [4.78, 5) is 43.9. The molecule has 2 heterocycles. The summed E-state index contributed by atoms with van der Waals surface area (Å²) in [5.74, 6) is -0.558. The highest BCUT2D eigenvalue weighted by Crippen LogP contribution is 2.30. The van der Waals surface area contributed by atoms with Crippen molar-refractivity contribution in [2.45, 2.75) is 57.6 Å². The van der Waals surface area contributed by atoms with Gasteiger partial charge in [-0.1, -0.05) is 23.9 Å². The van der Waals surface area contributed by atoms with Gasteiger partial charge in [0.25, 0.3) is 5.56 Å². The van der Waals surface area contributed by atoms with E-state index in [1.54, 1.807) is 35.8 Å². The molecule has 1 unspecified atom stereocenters. The van der Waals surface area contributed by atoms with Crippen LogP contribution in [0.3, 0.4) is 0 Å². The van der Waals surface area contributed by atoms with E-state index in [4.69, 9.17) is 9.72 Å². The Morgan fingerprint density at radius 2 is 1.84 bits per heavy atom. The first-order chi connectivity index (χ1) is 15.1. The van der Waals surface area contributed by atoms with Crippen LogP contribution in [0.15, 0.2) is 34.2 Å². The second-order valence-electron chi connectivity index (χ2n) is 7.79. The van der Waals surface area contributed by atoms with Gasteiger partial charge < -0.3 is 10.1 Å². The number of aromatic nitrogens is 2. The number of hydrogen-bond donors (Lipinski definition) is 1. The van der Waals surface area contributed by atoms with Gasteiger partial charge in [-0.25, -0.2) is 9.78 Å². The molecule has 1 amide bonds. The minimum Gasteiger partial charge on any atom is -0.465 e. The van der Waals surface area contributed by atoms with Gasteiger partial charge in [-0.2, -0.15) is 0 Å². The van der Waals surface area contributed by atoms with Gasteiger partial charge in [0.15, 0.2) is 5.16 Å². The predicted molar refractivity (Wildman–Crippen MR) is 129 cm³/mol. The average molecular weight is 474 g/mol. The Bertz CT molecular complexity index is 1210. The molecule has 0 radical (unpaired) electrons. The van der Waals surface area contributed by atoms with Crippen LogP contribution >= 0.6 is 23.1 Å². The van der Waals surface area contributed by atoms with Crippen molar-refractivity contribution in [3.63, 3.8) is 0 Å². The van der Waals surface area contributed by atoms with Crippen molar-refractivity contribution in [1.29, 1.82) is 0 Å². The highest BCUT2D eigenvalue weighted by atomic mass is 32.2. The van der Waals surface area contributed by atoms with Crippen molar-refractivity contribution in [2.75, 3.05) is 7.11 Å². The Hall–Kier alpha value is -2.65. The van der Waals surface area contributed by atoms with Crippen LogP contribution in [0.5, 0.6) is 0 Å². The minimum absolute atomic E-state index is 0.0624. The van der Waals surface area contributed by atoms with Crippen LogP contribution in [-0.2, 0) is 16.1 Å². The fourth-order valence-corrected chi connectivity index (χ4v) is 5.38. The zero-order valence-electron chi connectivity index (χ0n) is 19.0. The van der Waals surface area contributed by atoms with Crippen LogP contribution in [0.4, 0.5) is 0 Å². The maximum absolute atomic E-state index is 13.2. The van der Waals surface area contributed by atoms with E-state index in [-0.39, 0.29) is 17.5 Å². The lowest BCUT2D eigenvalue weighted by molar-refractivity contribution is -0.120. The summed E-state index contributed by atoms with van der Waals surface area (Å²) in [6.45, 7) is 9.95. The average Bonchev–Trinajstić information content (AvgIpc) is 3.04. The monoisotopic (exact) mass is 473 g/mol. The van der Waals surface area contributed by atoms with Gasteiger partial charge in [0, 0.05) is 17.5 Å². The van der Waals surface area contributed by atoms with E-state index in [2.05, 4.69) is 5.32 Å². The summed E-state index contributed by atoms with van der Waals surface area (Å²) >= 11 is 2.78. The van der Waals surface area contributed by atoms with Gasteiger partial charge in [-0.05, 0) is 57.9 Å². The second-order valence-corrected chi connectivity index (χ2v) is 10.3. The third kappa shape index (κ3) is 4.88. The van der Waals surface area contributed by atoms with Gasteiger partial charge in [-0.15, -0.1) is 11.3 Å². The third-order valence-electron chi connectivity index (χ3n) is 5.21. The highest BCUT2D eigenvalue weighted by Gasteiger charge is 2.22. The van der Waals surface area contributed by atoms with Crippen LogP contribution in [0, 0.1) is 13.8 Å². The second kappa shape index (κ2) is 9.87. The van der Waals surface area contributed by atoms with Crippen molar-refractivity contribution in [1.82, 2.24) is 14.9 Å². The lowest BCUT2D eigenvalue weighted by Crippen LogP contribution is -2.32. The molecule has 0 saturated carbocycles. The number of methoxy groups -OCH3 is 1. The van der Waals surface area contributed by atoms with Crippen LogP contribution in [0.1, 0.15) is 53.2 Å². The highest BCUT2D eigenvalue weighted by molar-refractivity contribution is 8.00. The maximum atomic E-state index is 13.2. The number of thiophene rings is 1. The number of hydrogen-bond acceptors (Lipinski definition) is 7. The van der Waals surface area contributed by atoms with E-state index >= 15 is 0 Å². The minimum atomic E-state index is -0.444. The number of nitrogens with one attached hydrogen (secondary N) is 1. The lowest BCUT2D eigenvalue weighted by Gasteiger charge is -2.18. The van der Waals surface area contributed by atoms with Crippen molar-refractivity contribution in [3.8, 4) is 0 Å². The van der Waals surface area contributed by atoms with Gasteiger partial charge in [-0.3, -0.25) is 14.2 Å². The summed E-state index contributed by atoms with van der Waals surface area (Å²) in [6.07, 6.45) is 0. The number of ether oxygens (including phenoxy) is 1. The molecule has 0 fully saturated rings. The molecule has 3 aromatic rings. The smallest absolute Gasteiger partial charge is 0.337 e. The Morgan fingerprint density at radius 3 is 2.44 bits per heavy atom. The van der Waals surface area contributed by atoms with Gasteiger partial charge in [0.1, 0.15) is 4.83 Å². The molecule has 7 nitrogen and oxygen atoms in total. The largest absolute Gasteiger partial charge is 0.465 e. The summed E-state index contributed by atoms with van der Waals surface area (Å²) in [6, 6.07) is 6.80. The number of fused-ring (bicyclic) bond motifs is 1. The number of benzene rings is 1. The Kier molecular flexibility index (Phi) is 7.40. The van der Waals surface area contributed by atoms with Crippen molar-refractivity contribution in [3.05, 3.63) is 56.2 Å². The summed E-state index contributed by atoms with van der Waals surface area (Å²) < 4.78 is 6.36. The van der Waals surface area contributed by atoms with Gasteiger partial charge >= 0.3 is 5.97 Å². The standard InChI is InChI=1S/C23H27N3O4S2/c1-12(2)26-21(28)18-13(3)14(4)31-20(18)25-23(26)32-15(5)19(27)24-11-16-7-9-17(10-8-16)22(29)30-6/h7-10,12,15H,11H2,1-6H3,(H,24,27). The number of carbonyl (C=O) groups is 2. The molecule has 0 aliphatic carbocycles. The topological polar surface area (TPSA) is 90.3 Å². The number of nitrogens with zero attached hydrogens (tertiary/aromatic N) is 2. The van der Waals surface area contributed by atoms with Crippen molar-refractivity contribution < 1.29 is 14.3 Å². The molecule has 1 aromatic carbocycles. The molecule has 1 atom stereocenters. The van der Waals surface area contributed by atoms with Crippen molar-refractivity contribution >= 4 is 45.2 Å². The fourth-order valence-electron chi connectivity index (χ4n) is 3.25. The molecular weight excluding hydrogens is 446 g/mol. The summed E-state index contributed by atoms with van der Waals surface area (Å²) in [5.41, 5.74) is 2.23. The molecule has 170 valence electrons. The zero-order valence-corrected chi connectivity index (χ0v) is 20.6. The molecule has 0 aliphatic heterocycles. The molecule has 0 bridgehead atoms. The van der Waals surface area contributed by atoms with Crippen molar-refractivity contribution in [2.24, 2.45) is 0 Å². The summed E-state index contributed by atoms with van der Waals surface area (Å²) in [7, 11) is 1.34. The molecule has 1 N–H and O–H groups in total. The number of carbonyl (C=O) groups excluding carboxylic acids is 2. The molecule has 0 saturated heterocycles. The number of thioether (sulfide) groups is 1. The van der Waals surface area contributed by atoms with E-state index in [0.717, 1.165) is 16.0 Å². The number of amides is 1. The van der Waals surface area contributed by atoms with Crippen LogP contribution in [0.25, 0.3) is 10.2 Å². The quantitative estimate of drug-likeness (QED) is 0.314. The molecule has 2 aromatic heterocycles. The predicted octanol–water partition coefficient (Wildman–Crippen LogP) is 4.24. The van der Waals surface area contributed by atoms with E-state index < -0.39 is 11.2 Å². The van der Waals surface area contributed by atoms with Crippen LogP contribution in [-0.4, -0.2) is 33.8 Å². The normalized spacial score (nSPS) is 12.2. The first kappa shape index (κ1) is 24.0. The van der Waals surface area contributed by atoms with E-state index in [1.807, 2.05) is 27.7 Å². The SMILES string of the molecule is COC(=O)c1ccc(CNC(=O)C(C)Sc2nc3sc(C)c(C)c3c(=O)n2C(C)C)cc1. The fraction of sp³-hybridized carbons (Fsp3) is 0.391. The van der Waals surface area contributed by atoms with Crippen LogP contribution < -0.4 is 10.9 Å². The lowest BCUT2D eigenvalue weighted by atomic mass is 10.1.